The van der Waals surface area contributed by atoms with Gasteiger partial charge in [0, 0.05) is 17.7 Å². The SMILES string of the molecule is BrCc1ccncc1.[O-][Br+2]([O-])O. The van der Waals surface area contributed by atoms with Gasteiger partial charge in [0.05, 0.1) is 0 Å². The fraction of sp³-hybridized carbons (Fsp3) is 0.167. The van der Waals surface area contributed by atoms with Crippen LogP contribution in [0.15, 0.2) is 24.5 Å². The highest BCUT2D eigenvalue weighted by atomic mass is 80.0. The van der Waals surface area contributed by atoms with Crippen LogP contribution in [0.1, 0.15) is 5.56 Å². The van der Waals surface area contributed by atoms with Crippen molar-refractivity contribution in [3.05, 3.63) is 30.1 Å². The molecular weight excluding hydrogens is 294 g/mol. The summed E-state index contributed by atoms with van der Waals surface area (Å²) in [4.78, 5) is 3.87. The first-order valence-corrected chi connectivity index (χ1v) is 5.98. The van der Waals surface area contributed by atoms with Gasteiger partial charge in [-0.2, -0.15) is 0 Å². The molecule has 1 aromatic heterocycles. The number of halogens is 2. The molecule has 68 valence electrons. The van der Waals surface area contributed by atoms with E-state index in [-0.39, 0.29) is 0 Å². The van der Waals surface area contributed by atoms with E-state index in [9.17, 15) is 0 Å². The molecule has 0 bridgehead atoms. The number of pyridine rings is 1. The van der Waals surface area contributed by atoms with Gasteiger partial charge >= 0.3 is 14.8 Å². The molecule has 0 aliphatic rings. The Hall–Kier alpha value is -0.0100. The second-order valence-corrected chi connectivity index (χ2v) is 3.09. The van der Waals surface area contributed by atoms with Gasteiger partial charge in [-0.25, -0.2) is 0 Å². The molecule has 1 N–H and O–H groups in total. The Kier molecular flexibility index (Phi) is 7.62. The van der Waals surface area contributed by atoms with Gasteiger partial charge in [-0.3, -0.25) is 4.98 Å². The summed E-state index contributed by atoms with van der Waals surface area (Å²) in [5.74, 6) is 0. The summed E-state index contributed by atoms with van der Waals surface area (Å²) in [6.45, 7) is 0. The van der Waals surface area contributed by atoms with Crippen molar-refractivity contribution < 1.29 is 27.4 Å². The molecule has 0 spiro atoms. The number of aromatic nitrogens is 1. The third-order valence-electron chi connectivity index (χ3n) is 0.904. The first-order valence-electron chi connectivity index (χ1n) is 2.86. The minimum atomic E-state index is -3.40. The molecule has 0 aromatic carbocycles. The van der Waals surface area contributed by atoms with Crippen LogP contribution >= 0.6 is 15.9 Å². The predicted molar refractivity (Wildman–Crippen MR) is 39.1 cm³/mol. The first kappa shape index (κ1) is 12.0. The van der Waals surface area contributed by atoms with Crippen molar-refractivity contribution in [2.45, 2.75) is 5.33 Å². The molecule has 0 aliphatic heterocycles. The maximum Gasteiger partial charge on any atom is 0.433 e. The minimum Gasteiger partial charge on any atom is -0.372 e. The van der Waals surface area contributed by atoms with Crippen molar-refractivity contribution in [1.29, 1.82) is 0 Å². The van der Waals surface area contributed by atoms with Crippen molar-refractivity contribution in [3.63, 3.8) is 0 Å². The highest BCUT2D eigenvalue weighted by Gasteiger charge is 1.86. The number of hydrogen-bond donors (Lipinski definition) is 1. The molecule has 1 aromatic rings. The molecule has 1 rings (SSSR count). The molecule has 0 unspecified atom stereocenters. The van der Waals surface area contributed by atoms with Crippen LogP contribution in [0.3, 0.4) is 0 Å². The van der Waals surface area contributed by atoms with Gasteiger partial charge < -0.3 is 8.40 Å². The standard InChI is InChI=1S/C6H6BrN.BrHO3/c7-5-6-1-3-8-4-2-6;2-1(3)4/h1-4H,5H2;2H. The van der Waals surface area contributed by atoms with E-state index in [1.807, 2.05) is 12.1 Å². The van der Waals surface area contributed by atoms with Crippen molar-refractivity contribution in [3.8, 4) is 0 Å². The summed E-state index contributed by atoms with van der Waals surface area (Å²) in [6.07, 6.45) is 3.58. The monoisotopic (exact) mass is 299 g/mol. The molecule has 4 nitrogen and oxygen atoms in total. The third-order valence-corrected chi connectivity index (χ3v) is 1.55. The molecule has 0 amide bonds. The lowest BCUT2D eigenvalue weighted by Gasteiger charge is -1.87. The minimum absolute atomic E-state index is 0.912. The van der Waals surface area contributed by atoms with Crippen molar-refractivity contribution in [2.75, 3.05) is 0 Å². The summed E-state index contributed by atoms with van der Waals surface area (Å²) in [5, 5.41) is 0.912. The van der Waals surface area contributed by atoms with Crippen molar-refractivity contribution >= 4 is 15.9 Å². The number of hydrogen-bond acceptors (Lipinski definition) is 4. The van der Waals surface area contributed by atoms with Gasteiger partial charge in [0.1, 0.15) is 0 Å². The van der Waals surface area contributed by atoms with Crippen LogP contribution in [0.5, 0.6) is 0 Å². The van der Waals surface area contributed by atoms with Crippen LogP contribution in [0.2, 0.25) is 0 Å². The lowest BCUT2D eigenvalue weighted by molar-refractivity contribution is -1.63. The Morgan fingerprint density at radius 1 is 1.42 bits per heavy atom. The molecule has 0 atom stereocenters. The van der Waals surface area contributed by atoms with Gasteiger partial charge in [0.2, 0.25) is 0 Å². The lowest BCUT2D eigenvalue weighted by Crippen LogP contribution is -2.30. The normalized spacial score (nSPS) is 9.08. The summed E-state index contributed by atoms with van der Waals surface area (Å²) in [7, 11) is 0. The van der Waals surface area contributed by atoms with E-state index in [1.165, 1.54) is 5.56 Å². The lowest BCUT2D eigenvalue weighted by atomic mass is 10.3. The molecule has 12 heavy (non-hydrogen) atoms. The molecule has 6 heteroatoms. The van der Waals surface area contributed by atoms with E-state index in [2.05, 4.69) is 20.9 Å². The van der Waals surface area contributed by atoms with Crippen LogP contribution in [0, 0.1) is 14.8 Å². The van der Waals surface area contributed by atoms with E-state index < -0.39 is 14.8 Å². The molecule has 0 fully saturated rings. The zero-order valence-corrected chi connectivity index (χ0v) is 9.16. The Bertz CT molecular complexity index is 192. The molecule has 0 saturated heterocycles. The average molecular weight is 301 g/mol. The first-order chi connectivity index (χ1) is 5.66. The van der Waals surface area contributed by atoms with Crippen LogP contribution in [0.4, 0.5) is 0 Å². The van der Waals surface area contributed by atoms with E-state index in [4.69, 9.17) is 12.6 Å². The van der Waals surface area contributed by atoms with Gasteiger partial charge in [-0.05, 0) is 21.9 Å². The molecule has 0 radical (unpaired) electrons. The van der Waals surface area contributed by atoms with Gasteiger partial charge in [-0.15, -0.1) is 0 Å². The highest BCUT2D eigenvalue weighted by Crippen LogP contribution is 2.00. The largest absolute Gasteiger partial charge is 0.433 e. The van der Waals surface area contributed by atoms with Gasteiger partial charge in [0.25, 0.3) is 0 Å². The predicted octanol–water partition coefficient (Wildman–Crippen LogP) is -0.959. The van der Waals surface area contributed by atoms with Crippen LogP contribution in [-0.4, -0.2) is 9.18 Å². The van der Waals surface area contributed by atoms with Crippen molar-refractivity contribution in [1.82, 2.24) is 4.98 Å². The zero-order chi connectivity index (χ0) is 9.40. The van der Waals surface area contributed by atoms with Crippen LogP contribution in [-0.2, 0) is 5.33 Å². The van der Waals surface area contributed by atoms with Crippen molar-refractivity contribution in [2.24, 2.45) is 0 Å². The molecule has 0 saturated carbocycles. The van der Waals surface area contributed by atoms with Gasteiger partial charge in [-0.1, -0.05) is 15.9 Å². The van der Waals surface area contributed by atoms with E-state index in [1.54, 1.807) is 12.4 Å². The maximum atomic E-state index is 8.63. The number of rotatable bonds is 1. The third kappa shape index (κ3) is 8.09. The average Bonchev–Trinajstić information content (AvgIpc) is 2.05. The second kappa shape index (κ2) is 7.63. The van der Waals surface area contributed by atoms with Gasteiger partial charge in [0.15, 0.2) is 0 Å². The molecular formula is C6H7Br2NO3. The second-order valence-electron chi connectivity index (χ2n) is 1.69. The highest BCUT2D eigenvalue weighted by molar-refractivity contribution is 9.08. The Labute approximate surface area is 83.8 Å². The molecule has 1 heterocycles. The van der Waals surface area contributed by atoms with E-state index in [0.29, 0.717) is 0 Å². The maximum absolute atomic E-state index is 8.63. The summed E-state index contributed by atoms with van der Waals surface area (Å²) < 4.78 is 24.3. The summed E-state index contributed by atoms with van der Waals surface area (Å²) in [6, 6.07) is 3.96. The van der Waals surface area contributed by atoms with E-state index in [0.717, 1.165) is 5.33 Å². The Morgan fingerprint density at radius 3 is 2.08 bits per heavy atom. The number of nitrogens with zero attached hydrogens (tertiary/aromatic N) is 1. The Balaban J connectivity index is 0.000000261. The van der Waals surface area contributed by atoms with Crippen LogP contribution < -0.4 is 8.40 Å². The number of alkyl halides is 1. The topological polar surface area (TPSA) is 79.2 Å². The van der Waals surface area contributed by atoms with Crippen LogP contribution in [0.25, 0.3) is 0 Å². The summed E-state index contributed by atoms with van der Waals surface area (Å²) >= 11 is -0.0662. The fourth-order valence-electron chi connectivity index (χ4n) is 0.472. The molecule has 0 aliphatic carbocycles. The smallest absolute Gasteiger partial charge is 0.372 e. The fourth-order valence-corrected chi connectivity index (χ4v) is 0.846. The quantitative estimate of drug-likeness (QED) is 0.678. The zero-order valence-electron chi connectivity index (χ0n) is 5.98. The summed E-state index contributed by atoms with van der Waals surface area (Å²) in [5.41, 5.74) is 1.26. The van der Waals surface area contributed by atoms with E-state index >= 15 is 0 Å². The Morgan fingerprint density at radius 2 is 1.83 bits per heavy atom.